The van der Waals surface area contributed by atoms with Crippen LogP contribution in [0.1, 0.15) is 6.92 Å². The molecule has 3 amide bonds. The molecule has 0 bridgehead atoms. The number of halogens is 2. The molecule has 0 aromatic heterocycles. The molecule has 29 heavy (non-hydrogen) atoms. The van der Waals surface area contributed by atoms with E-state index in [2.05, 4.69) is 10.1 Å². The predicted octanol–water partition coefficient (Wildman–Crippen LogP) is 3.57. The number of anilines is 2. The fourth-order valence-corrected chi connectivity index (χ4v) is 2.98. The highest BCUT2D eigenvalue weighted by atomic mass is 19.3. The first-order valence-electron chi connectivity index (χ1n) is 9.10. The monoisotopic (exact) mass is 405 g/mol. The molecule has 1 fully saturated rings. The summed E-state index contributed by atoms with van der Waals surface area (Å²) in [6, 6.07) is 12.6. The topological polar surface area (TPSA) is 71.1 Å². The van der Waals surface area contributed by atoms with Gasteiger partial charge >= 0.3 is 12.6 Å². The lowest BCUT2D eigenvalue weighted by atomic mass is 10.3. The average molecular weight is 405 g/mol. The zero-order valence-corrected chi connectivity index (χ0v) is 15.8. The number of alkyl halides is 2. The Morgan fingerprint density at radius 3 is 2.59 bits per heavy atom. The van der Waals surface area contributed by atoms with Gasteiger partial charge < -0.3 is 19.7 Å². The average Bonchev–Trinajstić information content (AvgIpc) is 3.03. The third-order valence-corrected chi connectivity index (χ3v) is 4.23. The summed E-state index contributed by atoms with van der Waals surface area (Å²) in [5.41, 5.74) is 1.03. The van der Waals surface area contributed by atoms with E-state index in [1.807, 2.05) is 6.92 Å². The van der Waals surface area contributed by atoms with Crippen LogP contribution in [0.3, 0.4) is 0 Å². The number of benzene rings is 2. The second-order valence-corrected chi connectivity index (χ2v) is 6.24. The summed E-state index contributed by atoms with van der Waals surface area (Å²) in [6.07, 6.45) is 0. The van der Waals surface area contributed by atoms with Gasteiger partial charge in [0.25, 0.3) is 0 Å². The number of ether oxygens (including phenoxy) is 2. The SMILES string of the molecule is CCOc1ccc(N2CCN(CC(=O)Nc3cccc(OC(F)F)c3)C2=O)cc1. The highest BCUT2D eigenvalue weighted by Gasteiger charge is 2.30. The molecule has 0 atom stereocenters. The van der Waals surface area contributed by atoms with Crippen molar-refractivity contribution in [1.29, 1.82) is 0 Å². The van der Waals surface area contributed by atoms with E-state index in [0.29, 0.717) is 25.4 Å². The molecular formula is C20H21F2N3O4. The largest absolute Gasteiger partial charge is 0.494 e. The third-order valence-electron chi connectivity index (χ3n) is 4.23. The van der Waals surface area contributed by atoms with Crippen molar-refractivity contribution in [3.05, 3.63) is 48.5 Å². The lowest BCUT2D eigenvalue weighted by Crippen LogP contribution is -2.37. The van der Waals surface area contributed by atoms with Crippen molar-refractivity contribution in [2.24, 2.45) is 0 Å². The lowest BCUT2D eigenvalue weighted by Gasteiger charge is -2.19. The van der Waals surface area contributed by atoms with Crippen molar-refractivity contribution in [3.63, 3.8) is 0 Å². The first-order valence-corrected chi connectivity index (χ1v) is 9.10. The number of nitrogens with zero attached hydrogens (tertiary/aromatic N) is 2. The molecule has 1 heterocycles. The maximum Gasteiger partial charge on any atom is 0.387 e. The van der Waals surface area contributed by atoms with Gasteiger partial charge in [-0.1, -0.05) is 6.07 Å². The Balaban J connectivity index is 1.57. The van der Waals surface area contributed by atoms with Gasteiger partial charge in [-0.05, 0) is 43.3 Å². The summed E-state index contributed by atoms with van der Waals surface area (Å²) in [5.74, 6) is 0.231. The van der Waals surface area contributed by atoms with Crippen LogP contribution in [0.4, 0.5) is 25.0 Å². The molecule has 1 saturated heterocycles. The molecule has 0 unspecified atom stereocenters. The number of nitrogens with one attached hydrogen (secondary N) is 1. The van der Waals surface area contributed by atoms with E-state index in [0.717, 1.165) is 11.4 Å². The normalized spacial score (nSPS) is 13.7. The van der Waals surface area contributed by atoms with E-state index >= 15 is 0 Å². The van der Waals surface area contributed by atoms with Crippen LogP contribution in [0.25, 0.3) is 0 Å². The van der Waals surface area contributed by atoms with E-state index in [9.17, 15) is 18.4 Å². The fraction of sp³-hybridized carbons (Fsp3) is 0.300. The highest BCUT2D eigenvalue weighted by molar-refractivity contribution is 5.99. The number of rotatable bonds is 8. The maximum atomic E-state index is 12.6. The Morgan fingerprint density at radius 2 is 1.90 bits per heavy atom. The van der Waals surface area contributed by atoms with Crippen LogP contribution in [0.5, 0.6) is 11.5 Å². The zero-order valence-electron chi connectivity index (χ0n) is 15.8. The Morgan fingerprint density at radius 1 is 1.14 bits per heavy atom. The second kappa shape index (κ2) is 9.22. The molecule has 1 aliphatic rings. The summed E-state index contributed by atoms with van der Waals surface area (Å²) in [5, 5.41) is 2.59. The van der Waals surface area contributed by atoms with E-state index in [-0.39, 0.29) is 18.3 Å². The molecule has 0 aliphatic carbocycles. The van der Waals surface area contributed by atoms with Crippen molar-refractivity contribution in [2.45, 2.75) is 13.5 Å². The van der Waals surface area contributed by atoms with Crippen LogP contribution < -0.4 is 19.7 Å². The van der Waals surface area contributed by atoms with Crippen LogP contribution >= 0.6 is 0 Å². The van der Waals surface area contributed by atoms with Crippen molar-refractivity contribution in [2.75, 3.05) is 36.5 Å². The van der Waals surface area contributed by atoms with Crippen molar-refractivity contribution in [3.8, 4) is 11.5 Å². The summed E-state index contributed by atoms with van der Waals surface area (Å²) in [6.45, 7) is 0.208. The van der Waals surface area contributed by atoms with Gasteiger partial charge in [-0.3, -0.25) is 9.69 Å². The molecule has 0 radical (unpaired) electrons. The van der Waals surface area contributed by atoms with Gasteiger partial charge in [-0.15, -0.1) is 0 Å². The quantitative estimate of drug-likeness (QED) is 0.729. The van der Waals surface area contributed by atoms with Gasteiger partial charge in [-0.2, -0.15) is 8.78 Å². The van der Waals surface area contributed by atoms with Crippen LogP contribution in [0, 0.1) is 0 Å². The maximum absolute atomic E-state index is 12.6. The van der Waals surface area contributed by atoms with E-state index in [1.165, 1.54) is 23.1 Å². The summed E-state index contributed by atoms with van der Waals surface area (Å²) >= 11 is 0. The van der Waals surface area contributed by atoms with Gasteiger partial charge in [0.1, 0.15) is 18.0 Å². The second-order valence-electron chi connectivity index (χ2n) is 6.24. The smallest absolute Gasteiger partial charge is 0.387 e. The predicted molar refractivity (Wildman–Crippen MR) is 104 cm³/mol. The van der Waals surface area contributed by atoms with E-state index in [1.54, 1.807) is 35.2 Å². The molecule has 2 aromatic rings. The standard InChI is InChI=1S/C20H21F2N3O4/c1-2-28-16-8-6-15(7-9-16)25-11-10-24(20(25)27)13-18(26)23-14-4-3-5-17(12-14)29-19(21)22/h3-9,12,19H,2,10-11,13H2,1H3,(H,23,26). The number of hydrogen-bond donors (Lipinski definition) is 1. The number of carbonyl (C=O) groups is 2. The Hall–Kier alpha value is -3.36. The van der Waals surface area contributed by atoms with Crippen LogP contribution in [0.2, 0.25) is 0 Å². The molecule has 1 N–H and O–H groups in total. The molecule has 0 spiro atoms. The van der Waals surface area contributed by atoms with Crippen molar-refractivity contribution >= 4 is 23.3 Å². The first-order chi connectivity index (χ1) is 14.0. The van der Waals surface area contributed by atoms with Gasteiger partial charge in [0.2, 0.25) is 5.91 Å². The summed E-state index contributed by atoms with van der Waals surface area (Å²) in [7, 11) is 0. The molecule has 154 valence electrons. The number of carbonyl (C=O) groups excluding carboxylic acids is 2. The molecular weight excluding hydrogens is 384 g/mol. The van der Waals surface area contributed by atoms with Gasteiger partial charge in [0.15, 0.2) is 0 Å². The van der Waals surface area contributed by atoms with Gasteiger partial charge in [0.05, 0.1) is 6.61 Å². The lowest BCUT2D eigenvalue weighted by molar-refractivity contribution is -0.116. The zero-order chi connectivity index (χ0) is 20.8. The third kappa shape index (κ3) is 5.34. The summed E-state index contributed by atoms with van der Waals surface area (Å²) in [4.78, 5) is 27.9. The van der Waals surface area contributed by atoms with Gasteiger partial charge in [-0.25, -0.2) is 4.79 Å². The molecule has 2 aromatic carbocycles. The minimum absolute atomic E-state index is 0.0586. The summed E-state index contributed by atoms with van der Waals surface area (Å²) < 4.78 is 34.3. The first kappa shape index (κ1) is 20.4. The molecule has 1 aliphatic heterocycles. The number of amides is 3. The molecule has 0 saturated carbocycles. The Bertz CT molecular complexity index is 861. The fourth-order valence-electron chi connectivity index (χ4n) is 2.98. The Kier molecular flexibility index (Phi) is 6.48. The highest BCUT2D eigenvalue weighted by Crippen LogP contribution is 2.24. The van der Waals surface area contributed by atoms with Gasteiger partial charge in [0, 0.05) is 30.5 Å². The van der Waals surface area contributed by atoms with E-state index in [4.69, 9.17) is 4.74 Å². The molecule has 9 heteroatoms. The van der Waals surface area contributed by atoms with Crippen molar-refractivity contribution < 1.29 is 27.8 Å². The molecule has 7 nitrogen and oxygen atoms in total. The number of urea groups is 1. The minimum Gasteiger partial charge on any atom is -0.494 e. The minimum atomic E-state index is -2.95. The van der Waals surface area contributed by atoms with Crippen molar-refractivity contribution in [1.82, 2.24) is 4.90 Å². The van der Waals surface area contributed by atoms with Crippen LogP contribution in [-0.4, -0.2) is 49.7 Å². The van der Waals surface area contributed by atoms with Crippen LogP contribution in [-0.2, 0) is 4.79 Å². The van der Waals surface area contributed by atoms with E-state index < -0.39 is 12.5 Å². The van der Waals surface area contributed by atoms with Crippen LogP contribution in [0.15, 0.2) is 48.5 Å². The Labute approximate surface area is 166 Å². The number of hydrogen-bond acceptors (Lipinski definition) is 4. The molecule has 3 rings (SSSR count).